The molecule has 15 atom stereocenters. The van der Waals surface area contributed by atoms with Gasteiger partial charge in [0.2, 0.25) is 5.79 Å². The van der Waals surface area contributed by atoms with Crippen LogP contribution in [-0.2, 0) is 47.7 Å². The van der Waals surface area contributed by atoms with Gasteiger partial charge in [0.05, 0.1) is 24.4 Å². The van der Waals surface area contributed by atoms with Crippen molar-refractivity contribution in [2.45, 2.75) is 187 Å². The van der Waals surface area contributed by atoms with Gasteiger partial charge in [-0.3, -0.25) is 19.2 Å². The fraction of sp³-hybridized carbons (Fsp3) is 0.750. The number of piperidine rings is 1. The zero-order chi connectivity index (χ0) is 49.0. The Hall–Kier alpha value is -3.37. The van der Waals surface area contributed by atoms with Crippen molar-refractivity contribution in [2.24, 2.45) is 35.5 Å². The van der Waals surface area contributed by atoms with Crippen LogP contribution in [0.1, 0.15) is 132 Å². The molecule has 4 rings (SSSR count). The van der Waals surface area contributed by atoms with Crippen LogP contribution in [0.3, 0.4) is 0 Å². The third-order valence-corrected chi connectivity index (χ3v) is 14.7. The third kappa shape index (κ3) is 14.3. The number of hydrogen-bond acceptors (Lipinski definition) is 13. The van der Waals surface area contributed by atoms with Crippen molar-refractivity contribution in [3.63, 3.8) is 0 Å². The normalized spacial score (nSPS) is 40.5. The molecular weight excluding hydrogens is 847 g/mol. The van der Waals surface area contributed by atoms with Gasteiger partial charge in [-0.05, 0) is 114 Å². The Morgan fingerprint density at radius 1 is 0.864 bits per heavy atom. The lowest BCUT2D eigenvalue weighted by Gasteiger charge is -2.42. The molecule has 0 radical (unpaired) electrons. The quantitative estimate of drug-likeness (QED) is 0.147. The number of allylic oxidation sites excluding steroid dienone is 6. The van der Waals surface area contributed by atoms with Gasteiger partial charge in [-0.15, -0.1) is 0 Å². The van der Waals surface area contributed by atoms with Crippen LogP contribution in [-0.4, -0.2) is 132 Å². The van der Waals surface area contributed by atoms with E-state index >= 15 is 0 Å². The maximum Gasteiger partial charge on any atom is 0.329 e. The monoisotopic (exact) mass is 928 g/mol. The highest BCUT2D eigenvalue weighted by Crippen LogP contribution is 2.38. The number of ether oxygens (including phenoxy) is 5. The summed E-state index contributed by atoms with van der Waals surface area (Å²) in [6, 6.07) is -1.14. The summed E-state index contributed by atoms with van der Waals surface area (Å²) in [5, 5.41) is 33.9. The number of methoxy groups -OCH3 is 3. The molecule has 14 nitrogen and oxygen atoms in total. The summed E-state index contributed by atoms with van der Waals surface area (Å²) in [7, 11) is 4.53. The van der Waals surface area contributed by atoms with Gasteiger partial charge in [0, 0.05) is 58.5 Å². The second-order valence-electron chi connectivity index (χ2n) is 20.1. The van der Waals surface area contributed by atoms with E-state index in [2.05, 4.69) is 0 Å². The summed E-state index contributed by atoms with van der Waals surface area (Å²) in [5.74, 6) is -7.98. The summed E-state index contributed by atoms with van der Waals surface area (Å²) < 4.78 is 29.5. The van der Waals surface area contributed by atoms with Crippen LogP contribution in [0.15, 0.2) is 47.1 Å². The van der Waals surface area contributed by atoms with E-state index < -0.39 is 83.9 Å². The number of amides is 1. The van der Waals surface area contributed by atoms with Gasteiger partial charge in [0.15, 0.2) is 5.78 Å². The topological polar surface area (TPSA) is 195 Å². The Morgan fingerprint density at radius 3 is 2.24 bits per heavy atom. The second-order valence-corrected chi connectivity index (χ2v) is 20.1. The standard InChI is InChI=1S/C52H81NO13/c1-30-15-14-16-31(2)24-35(6)46(56)48(64-11)47(57)36(7)25-32(3)42(55)29-44(34(5)26-38-19-21-41(54)45(27-38)63-10)65-51(60)40-17-12-13-22-53(40)50(59)49(58)52(61)37(8)18-20-39(66-52)28-43(62-9)33(4)23-30/h14-16,23,25,31-32,34-35,37-41,43-45,47-48,54,57,61H,12-13,17-22,24,26-29H2,1-11H3/b16-14-,30-15+,33-23+,36-25+/t31-,32-,34-,35-,37-,38-,39+,40+,41-,43+,44+,45-,47-,48+,52-/m1/s1. The predicted octanol–water partition coefficient (Wildman–Crippen LogP) is 6.57. The average molecular weight is 928 g/mol. The smallest absolute Gasteiger partial charge is 0.329 e. The maximum atomic E-state index is 14.4. The van der Waals surface area contributed by atoms with Gasteiger partial charge in [-0.1, -0.05) is 70.6 Å². The maximum absolute atomic E-state index is 14.4. The van der Waals surface area contributed by atoms with Crippen LogP contribution in [0.2, 0.25) is 0 Å². The average Bonchev–Trinajstić information content (AvgIpc) is 3.28. The number of nitrogens with zero attached hydrogens (tertiary/aromatic N) is 1. The van der Waals surface area contributed by atoms with Gasteiger partial charge in [-0.25, -0.2) is 4.79 Å². The highest BCUT2D eigenvalue weighted by atomic mass is 16.6. The van der Waals surface area contributed by atoms with Crippen molar-refractivity contribution in [1.82, 2.24) is 4.90 Å². The van der Waals surface area contributed by atoms with Gasteiger partial charge in [0.1, 0.15) is 30.1 Å². The first-order chi connectivity index (χ1) is 31.1. The fourth-order valence-corrected chi connectivity index (χ4v) is 10.4. The summed E-state index contributed by atoms with van der Waals surface area (Å²) in [5.41, 5.74) is 2.23. The highest BCUT2D eigenvalue weighted by Gasteiger charge is 2.53. The van der Waals surface area contributed by atoms with Crippen LogP contribution < -0.4 is 0 Å². The van der Waals surface area contributed by atoms with Crippen LogP contribution in [0, 0.1) is 35.5 Å². The minimum Gasteiger partial charge on any atom is -0.460 e. The van der Waals surface area contributed by atoms with Crippen molar-refractivity contribution in [3.05, 3.63) is 47.1 Å². The molecule has 0 aromatic carbocycles. The molecule has 0 unspecified atom stereocenters. The van der Waals surface area contributed by atoms with Crippen LogP contribution in [0.5, 0.6) is 0 Å². The Kier molecular flexibility index (Phi) is 21.2. The van der Waals surface area contributed by atoms with Gasteiger partial charge >= 0.3 is 5.97 Å². The molecule has 2 saturated heterocycles. The molecule has 1 saturated carbocycles. The van der Waals surface area contributed by atoms with E-state index in [1.807, 2.05) is 58.9 Å². The molecule has 3 heterocycles. The van der Waals surface area contributed by atoms with Crippen LogP contribution in [0.25, 0.3) is 0 Å². The van der Waals surface area contributed by atoms with Gasteiger partial charge in [0.25, 0.3) is 11.7 Å². The fourth-order valence-electron chi connectivity index (χ4n) is 10.4. The molecule has 2 bridgehead atoms. The zero-order valence-corrected chi connectivity index (χ0v) is 41.5. The van der Waals surface area contributed by atoms with E-state index in [1.54, 1.807) is 41.1 Å². The number of fused-ring (bicyclic) bond motifs is 3. The number of ketones is 3. The minimum atomic E-state index is -2.43. The van der Waals surface area contributed by atoms with Crippen LogP contribution >= 0.6 is 0 Å². The van der Waals surface area contributed by atoms with E-state index in [0.717, 1.165) is 17.6 Å². The Balaban J connectivity index is 1.72. The third-order valence-electron chi connectivity index (χ3n) is 14.7. The van der Waals surface area contributed by atoms with E-state index in [4.69, 9.17) is 23.7 Å². The molecule has 372 valence electrons. The molecule has 1 aliphatic carbocycles. The molecule has 4 aliphatic rings. The lowest BCUT2D eigenvalue weighted by molar-refractivity contribution is -0.265. The molecule has 14 heteroatoms. The van der Waals surface area contributed by atoms with E-state index in [9.17, 15) is 39.3 Å². The Morgan fingerprint density at radius 2 is 1.58 bits per heavy atom. The summed E-state index contributed by atoms with van der Waals surface area (Å²) in [6.45, 7) is 14.7. The predicted molar refractivity (Wildman–Crippen MR) is 250 cm³/mol. The summed E-state index contributed by atoms with van der Waals surface area (Å²) in [6.07, 6.45) is 9.51. The molecular formula is C52H81NO13. The van der Waals surface area contributed by atoms with Crippen LogP contribution in [0.4, 0.5) is 0 Å². The molecule has 3 N–H and O–H groups in total. The number of aliphatic hydroxyl groups excluding tert-OH is 2. The number of rotatable bonds is 6. The molecule has 3 fully saturated rings. The number of hydrogen-bond donors (Lipinski definition) is 3. The Labute approximate surface area is 393 Å². The first-order valence-corrected chi connectivity index (χ1v) is 24.3. The van der Waals surface area contributed by atoms with Gasteiger partial charge in [-0.2, -0.15) is 0 Å². The number of Topliss-reactive ketones (excluding diaryl/α,β-unsaturated/α-hetero) is 3. The summed E-state index contributed by atoms with van der Waals surface area (Å²) in [4.78, 5) is 72.0. The SMILES string of the molecule is CO[C@H]1C[C@@H]2CC[C@@H](C)[C@@](O)(O2)C(=O)C(=O)N2CCCC[C@H]2C(=O)O[C@H]([C@H](C)C[C@H]2CC[C@@H](O)[C@H](OC)C2)CC(=O)[C@H](C)/C=C(\C)[C@@H](O)[C@@H](OC)C(=O)[C@H](C)C[C@H](C)\C=C/C=C(C)/C=C/1C. The number of aliphatic hydroxyl groups is 3. The number of carbonyl (C=O) groups is 5. The molecule has 1 amide bonds. The molecule has 0 spiro atoms. The first-order valence-electron chi connectivity index (χ1n) is 24.3. The second kappa shape index (κ2) is 25.3. The van der Waals surface area contributed by atoms with Gasteiger partial charge < -0.3 is 43.9 Å². The van der Waals surface area contributed by atoms with E-state index in [1.165, 1.54) is 12.0 Å². The highest BCUT2D eigenvalue weighted by molar-refractivity contribution is 6.39. The van der Waals surface area contributed by atoms with Crippen molar-refractivity contribution < 1.29 is 63.0 Å². The molecule has 66 heavy (non-hydrogen) atoms. The lowest BCUT2D eigenvalue weighted by Crippen LogP contribution is -2.61. The molecule has 0 aromatic rings. The largest absolute Gasteiger partial charge is 0.460 e. The van der Waals surface area contributed by atoms with E-state index in [-0.39, 0.29) is 54.8 Å². The number of carbonyl (C=O) groups excluding carboxylic acids is 5. The zero-order valence-electron chi connectivity index (χ0n) is 41.5. The van der Waals surface area contributed by atoms with Crippen molar-refractivity contribution in [1.29, 1.82) is 0 Å². The molecule has 3 aliphatic heterocycles. The van der Waals surface area contributed by atoms with Crippen molar-refractivity contribution in [3.8, 4) is 0 Å². The Bertz CT molecular complexity index is 1800. The summed E-state index contributed by atoms with van der Waals surface area (Å²) >= 11 is 0. The minimum absolute atomic E-state index is 0.0141. The first kappa shape index (κ1) is 55.2. The lowest BCUT2D eigenvalue weighted by atomic mass is 9.78. The molecule has 0 aromatic heterocycles. The van der Waals surface area contributed by atoms with E-state index in [0.29, 0.717) is 63.4 Å². The number of cyclic esters (lactones) is 1. The van der Waals surface area contributed by atoms with Crippen molar-refractivity contribution in [2.75, 3.05) is 27.9 Å². The number of esters is 1. The van der Waals surface area contributed by atoms with Crippen molar-refractivity contribution >= 4 is 29.2 Å².